The molecule has 1 aliphatic carbocycles. The van der Waals surface area contributed by atoms with E-state index in [-0.39, 0.29) is 0 Å². The first-order valence-corrected chi connectivity index (χ1v) is 5.19. The van der Waals surface area contributed by atoms with Gasteiger partial charge in [-0.2, -0.15) is 26.3 Å². The molecule has 100 valence electrons. The summed E-state index contributed by atoms with van der Waals surface area (Å²) < 4.78 is 76.5. The number of hydrogen-bond donors (Lipinski definition) is 2. The Balaban J connectivity index is 2.48. The molecule has 1 saturated carbocycles. The average Bonchev–Trinajstić information content (AvgIpc) is 2.53. The molecule has 4 atom stereocenters. The van der Waals surface area contributed by atoms with Gasteiger partial charge in [0.25, 0.3) is 0 Å². The number of fused-ring (bicyclic) bond motifs is 2. The number of aliphatic hydroxyl groups is 1. The number of halogens is 7. The summed E-state index contributed by atoms with van der Waals surface area (Å²) in [5.74, 6) is -1.90. The molecule has 1 saturated heterocycles. The van der Waals surface area contributed by atoms with Crippen LogP contribution in [0.25, 0.3) is 0 Å². The molecule has 0 radical (unpaired) electrons. The third-order valence-electron chi connectivity index (χ3n) is 3.48. The van der Waals surface area contributed by atoms with Gasteiger partial charge in [0, 0.05) is 5.92 Å². The van der Waals surface area contributed by atoms with Crippen LogP contribution in [0.2, 0.25) is 0 Å². The standard InChI is InChI=1S/C8H8ClF6NO/c9-4-2-1-3(17)5(4)16-6(2,7(10,11)12)8(13,14)15/h2-5,16-17H,1H2/t2-,3+,4-,5-/m0/s1. The minimum absolute atomic E-state index is 0.606. The lowest BCUT2D eigenvalue weighted by molar-refractivity contribution is -0.320. The molecule has 2 nitrogen and oxygen atoms in total. The Labute approximate surface area is 96.9 Å². The molecular weight excluding hydrogens is 276 g/mol. The van der Waals surface area contributed by atoms with Crippen LogP contribution in [0.5, 0.6) is 0 Å². The number of rotatable bonds is 0. The largest absolute Gasteiger partial charge is 0.415 e. The van der Waals surface area contributed by atoms with Crippen LogP contribution in [0.1, 0.15) is 6.42 Å². The average molecular weight is 284 g/mol. The maximum Gasteiger partial charge on any atom is 0.415 e. The van der Waals surface area contributed by atoms with Crippen LogP contribution in [0, 0.1) is 5.92 Å². The van der Waals surface area contributed by atoms with Crippen LogP contribution in [0.15, 0.2) is 0 Å². The van der Waals surface area contributed by atoms with Crippen LogP contribution in [0.4, 0.5) is 26.3 Å². The predicted molar refractivity (Wildman–Crippen MR) is 45.5 cm³/mol. The van der Waals surface area contributed by atoms with Crippen molar-refractivity contribution in [2.45, 2.75) is 41.8 Å². The molecule has 0 aromatic rings. The normalized spacial score (nSPS) is 40.9. The first kappa shape index (κ1) is 13.2. The quantitative estimate of drug-likeness (QED) is 0.525. The highest BCUT2D eigenvalue weighted by Gasteiger charge is 2.81. The van der Waals surface area contributed by atoms with Crippen LogP contribution in [0.3, 0.4) is 0 Å². The Morgan fingerprint density at radius 2 is 1.59 bits per heavy atom. The fourth-order valence-electron chi connectivity index (χ4n) is 2.71. The van der Waals surface area contributed by atoms with Gasteiger partial charge in [-0.3, -0.25) is 5.32 Å². The van der Waals surface area contributed by atoms with Crippen LogP contribution in [-0.2, 0) is 0 Å². The highest BCUT2D eigenvalue weighted by atomic mass is 35.5. The SMILES string of the molecule is O[C@@H]1C[C@H]2[C@H](Cl)[C@H]1NC2(C(F)(F)F)C(F)(F)F. The molecule has 2 aliphatic rings. The Morgan fingerprint density at radius 3 is 1.82 bits per heavy atom. The molecule has 9 heteroatoms. The molecule has 17 heavy (non-hydrogen) atoms. The van der Waals surface area contributed by atoms with Crippen LogP contribution in [-0.4, -0.2) is 40.5 Å². The third kappa shape index (κ3) is 1.50. The van der Waals surface area contributed by atoms with Crippen molar-refractivity contribution in [1.82, 2.24) is 5.32 Å². The molecule has 1 aliphatic heterocycles. The Hall–Kier alpha value is -0.210. The van der Waals surface area contributed by atoms with E-state index >= 15 is 0 Å². The van der Waals surface area contributed by atoms with Crippen molar-refractivity contribution < 1.29 is 31.4 Å². The predicted octanol–water partition coefficient (Wildman–Crippen LogP) is 1.81. The zero-order valence-electron chi connectivity index (χ0n) is 8.11. The molecule has 2 bridgehead atoms. The van der Waals surface area contributed by atoms with Crippen molar-refractivity contribution in [1.29, 1.82) is 0 Å². The second kappa shape index (κ2) is 3.42. The van der Waals surface area contributed by atoms with Gasteiger partial charge in [-0.25, -0.2) is 0 Å². The molecule has 0 spiro atoms. The second-order valence-corrected chi connectivity index (χ2v) is 4.83. The first-order chi connectivity index (χ1) is 7.52. The van der Waals surface area contributed by atoms with Crippen LogP contribution >= 0.6 is 11.6 Å². The Kier molecular flexibility index (Phi) is 2.66. The van der Waals surface area contributed by atoms with E-state index in [4.69, 9.17) is 11.6 Å². The van der Waals surface area contributed by atoms with E-state index in [1.54, 1.807) is 0 Å². The third-order valence-corrected chi connectivity index (χ3v) is 4.06. The van der Waals surface area contributed by atoms with E-state index in [1.165, 1.54) is 5.32 Å². The summed E-state index contributed by atoms with van der Waals surface area (Å²) in [6.07, 6.45) is -12.9. The van der Waals surface area contributed by atoms with Crippen molar-refractivity contribution in [3.63, 3.8) is 0 Å². The summed E-state index contributed by atoms with van der Waals surface area (Å²) >= 11 is 5.54. The summed E-state index contributed by atoms with van der Waals surface area (Å²) in [6, 6.07) is -1.38. The van der Waals surface area contributed by atoms with E-state index in [9.17, 15) is 31.4 Å². The smallest absolute Gasteiger partial charge is 0.391 e. The van der Waals surface area contributed by atoms with E-state index in [0.717, 1.165) is 0 Å². The van der Waals surface area contributed by atoms with Crippen molar-refractivity contribution in [2.24, 2.45) is 5.92 Å². The minimum Gasteiger partial charge on any atom is -0.391 e. The summed E-state index contributed by atoms with van der Waals surface area (Å²) in [7, 11) is 0. The highest BCUT2D eigenvalue weighted by molar-refractivity contribution is 6.22. The molecule has 2 N–H and O–H groups in total. The summed E-state index contributed by atoms with van der Waals surface area (Å²) in [5, 5.41) is 9.34. The Morgan fingerprint density at radius 1 is 1.12 bits per heavy atom. The lowest BCUT2D eigenvalue weighted by Gasteiger charge is -2.41. The molecule has 2 fully saturated rings. The van der Waals surface area contributed by atoms with Gasteiger partial charge in [-0.05, 0) is 6.42 Å². The van der Waals surface area contributed by atoms with E-state index in [2.05, 4.69) is 0 Å². The molecule has 2 rings (SSSR count). The summed E-state index contributed by atoms with van der Waals surface area (Å²) in [4.78, 5) is 0. The first-order valence-electron chi connectivity index (χ1n) is 4.75. The van der Waals surface area contributed by atoms with Gasteiger partial charge in [-0.15, -0.1) is 11.6 Å². The number of piperidine rings is 1. The fourth-order valence-corrected chi connectivity index (χ4v) is 3.23. The van der Waals surface area contributed by atoms with Crippen molar-refractivity contribution in [3.05, 3.63) is 0 Å². The van der Waals surface area contributed by atoms with Gasteiger partial charge in [0.05, 0.1) is 17.5 Å². The van der Waals surface area contributed by atoms with Crippen LogP contribution < -0.4 is 5.32 Å². The number of alkyl halides is 7. The number of nitrogens with one attached hydrogen (secondary N) is 1. The monoisotopic (exact) mass is 283 g/mol. The number of hydrogen-bond acceptors (Lipinski definition) is 2. The minimum atomic E-state index is -5.50. The second-order valence-electron chi connectivity index (χ2n) is 4.33. The summed E-state index contributed by atoms with van der Waals surface area (Å²) in [6.45, 7) is 0. The zero-order chi connectivity index (χ0) is 13.2. The Bertz CT molecular complexity index is 315. The molecule has 0 aromatic heterocycles. The van der Waals surface area contributed by atoms with Gasteiger partial charge in [-0.1, -0.05) is 0 Å². The van der Waals surface area contributed by atoms with Gasteiger partial charge in [0.15, 0.2) is 0 Å². The molecule has 0 aromatic carbocycles. The van der Waals surface area contributed by atoms with E-state index in [0.29, 0.717) is 0 Å². The molecule has 0 amide bonds. The maximum atomic E-state index is 12.7. The lowest BCUT2D eigenvalue weighted by Crippen LogP contribution is -2.70. The van der Waals surface area contributed by atoms with E-state index in [1.807, 2.05) is 0 Å². The van der Waals surface area contributed by atoms with E-state index < -0.39 is 47.8 Å². The van der Waals surface area contributed by atoms with Gasteiger partial charge in [0.2, 0.25) is 5.54 Å². The van der Waals surface area contributed by atoms with Gasteiger partial charge in [0.1, 0.15) is 0 Å². The van der Waals surface area contributed by atoms with Crippen molar-refractivity contribution in [3.8, 4) is 0 Å². The van der Waals surface area contributed by atoms with Crippen molar-refractivity contribution >= 4 is 11.6 Å². The zero-order valence-corrected chi connectivity index (χ0v) is 8.87. The highest BCUT2D eigenvalue weighted by Crippen LogP contribution is 2.58. The fraction of sp³-hybridized carbons (Fsp3) is 1.00. The number of aliphatic hydroxyl groups excluding tert-OH is 1. The summed E-state index contributed by atoms with van der Waals surface area (Å²) in [5.41, 5.74) is -4.00. The van der Waals surface area contributed by atoms with Gasteiger partial charge < -0.3 is 5.11 Å². The molecule has 1 heterocycles. The molecular formula is C8H8ClF6NO. The topological polar surface area (TPSA) is 32.3 Å². The maximum absolute atomic E-state index is 12.7. The molecule has 0 unspecified atom stereocenters. The van der Waals surface area contributed by atoms with Gasteiger partial charge >= 0.3 is 12.4 Å². The van der Waals surface area contributed by atoms with Crippen molar-refractivity contribution in [2.75, 3.05) is 0 Å². The lowest BCUT2D eigenvalue weighted by atomic mass is 9.82.